The number of hydrogen-bond donors (Lipinski definition) is 1. The summed E-state index contributed by atoms with van der Waals surface area (Å²) in [5.41, 5.74) is 0.639. The van der Waals surface area contributed by atoms with Gasteiger partial charge in [-0.1, -0.05) is 12.1 Å². The molecule has 1 heterocycles. The number of benzene rings is 1. The number of hydrogen-bond acceptors (Lipinski definition) is 3. The Hall–Kier alpha value is -2.25. The highest BCUT2D eigenvalue weighted by Gasteiger charge is 2.31. The van der Waals surface area contributed by atoms with Crippen LogP contribution in [0.5, 0.6) is 5.75 Å². The zero-order chi connectivity index (χ0) is 18.4. The van der Waals surface area contributed by atoms with Crippen LogP contribution in [0.1, 0.15) is 25.3 Å². The van der Waals surface area contributed by atoms with Crippen LogP contribution in [-0.4, -0.2) is 42.7 Å². The number of carbonyl (C=O) groups excluding carboxylic acids is 2. The highest BCUT2D eigenvalue weighted by Crippen LogP contribution is 2.23. The standard InChI is InChI=1S/C17H21F3N2O3/c1-12(23)21-11-14-6-8-22(9-7-14)16(24)10-13-2-4-15(5-3-13)25-17(18,19)20/h2-5,14H,6-11H2,1H3,(H,21,23). The summed E-state index contributed by atoms with van der Waals surface area (Å²) in [7, 11) is 0. The number of halogens is 3. The molecule has 0 unspecified atom stereocenters. The molecule has 0 radical (unpaired) electrons. The summed E-state index contributed by atoms with van der Waals surface area (Å²) in [5, 5.41) is 2.79. The molecule has 1 aromatic rings. The Balaban J connectivity index is 1.79. The number of carbonyl (C=O) groups is 2. The molecule has 1 aliphatic heterocycles. The first-order valence-corrected chi connectivity index (χ1v) is 8.10. The topological polar surface area (TPSA) is 58.6 Å². The lowest BCUT2D eigenvalue weighted by Gasteiger charge is -2.32. The monoisotopic (exact) mass is 358 g/mol. The maximum Gasteiger partial charge on any atom is 0.573 e. The number of nitrogens with zero attached hydrogens (tertiary/aromatic N) is 1. The Morgan fingerprint density at radius 3 is 2.32 bits per heavy atom. The van der Waals surface area contributed by atoms with Gasteiger partial charge in [-0.3, -0.25) is 9.59 Å². The van der Waals surface area contributed by atoms with E-state index in [0.717, 1.165) is 12.8 Å². The van der Waals surface area contributed by atoms with E-state index in [2.05, 4.69) is 10.1 Å². The maximum absolute atomic E-state index is 12.3. The molecule has 1 N–H and O–H groups in total. The highest BCUT2D eigenvalue weighted by atomic mass is 19.4. The van der Waals surface area contributed by atoms with Gasteiger partial charge >= 0.3 is 6.36 Å². The molecular weight excluding hydrogens is 337 g/mol. The minimum atomic E-state index is -4.72. The smallest absolute Gasteiger partial charge is 0.406 e. The Morgan fingerprint density at radius 2 is 1.80 bits per heavy atom. The van der Waals surface area contributed by atoms with Gasteiger partial charge in [-0.05, 0) is 36.5 Å². The summed E-state index contributed by atoms with van der Waals surface area (Å²) in [6, 6.07) is 5.33. The van der Waals surface area contributed by atoms with Crippen LogP contribution < -0.4 is 10.1 Å². The van der Waals surface area contributed by atoms with Crippen LogP contribution in [0.15, 0.2) is 24.3 Å². The summed E-state index contributed by atoms with van der Waals surface area (Å²) >= 11 is 0. The van der Waals surface area contributed by atoms with Crippen molar-refractivity contribution in [1.82, 2.24) is 10.2 Å². The molecule has 2 rings (SSSR count). The second kappa shape index (κ2) is 8.22. The molecule has 138 valence electrons. The Morgan fingerprint density at radius 1 is 1.20 bits per heavy atom. The molecule has 2 amide bonds. The molecular formula is C17H21F3N2O3. The Labute approximate surface area is 144 Å². The minimum Gasteiger partial charge on any atom is -0.406 e. The van der Waals surface area contributed by atoms with Crippen LogP contribution >= 0.6 is 0 Å². The van der Waals surface area contributed by atoms with Crippen molar-refractivity contribution in [2.45, 2.75) is 32.5 Å². The van der Waals surface area contributed by atoms with E-state index in [-0.39, 0.29) is 24.0 Å². The summed E-state index contributed by atoms with van der Waals surface area (Å²) in [5.74, 6) is -0.0480. The van der Waals surface area contributed by atoms with Crippen LogP contribution in [0.2, 0.25) is 0 Å². The van der Waals surface area contributed by atoms with E-state index in [1.54, 1.807) is 4.90 Å². The van der Waals surface area contributed by atoms with Crippen molar-refractivity contribution < 1.29 is 27.5 Å². The molecule has 0 atom stereocenters. The normalized spacial score (nSPS) is 15.8. The molecule has 25 heavy (non-hydrogen) atoms. The SMILES string of the molecule is CC(=O)NCC1CCN(C(=O)Cc2ccc(OC(F)(F)F)cc2)CC1. The first kappa shape index (κ1) is 19.1. The molecule has 1 aliphatic rings. The molecule has 0 spiro atoms. The van der Waals surface area contributed by atoms with Crippen molar-refractivity contribution in [3.05, 3.63) is 29.8 Å². The van der Waals surface area contributed by atoms with Gasteiger partial charge in [-0.25, -0.2) is 0 Å². The number of rotatable bonds is 5. The fourth-order valence-electron chi connectivity index (χ4n) is 2.77. The van der Waals surface area contributed by atoms with Crippen molar-refractivity contribution in [1.29, 1.82) is 0 Å². The van der Waals surface area contributed by atoms with E-state index in [0.29, 0.717) is 31.1 Å². The lowest BCUT2D eigenvalue weighted by molar-refractivity contribution is -0.274. The van der Waals surface area contributed by atoms with E-state index in [1.807, 2.05) is 0 Å². The number of ether oxygens (including phenoxy) is 1. The van der Waals surface area contributed by atoms with E-state index in [1.165, 1.54) is 31.2 Å². The van der Waals surface area contributed by atoms with Gasteiger partial charge in [0.25, 0.3) is 0 Å². The number of likely N-dealkylation sites (tertiary alicyclic amines) is 1. The molecule has 0 bridgehead atoms. The molecule has 0 saturated carbocycles. The van der Waals surface area contributed by atoms with Gasteiger partial charge in [0, 0.05) is 26.6 Å². The molecule has 0 aromatic heterocycles. The predicted octanol–water partition coefficient (Wildman–Crippen LogP) is 2.50. The van der Waals surface area contributed by atoms with Crippen LogP contribution in [-0.2, 0) is 16.0 Å². The van der Waals surface area contributed by atoms with E-state index in [9.17, 15) is 22.8 Å². The molecule has 8 heteroatoms. The van der Waals surface area contributed by atoms with E-state index >= 15 is 0 Å². The number of amides is 2. The third-order valence-electron chi connectivity index (χ3n) is 4.12. The molecule has 5 nitrogen and oxygen atoms in total. The van der Waals surface area contributed by atoms with Gasteiger partial charge in [0.2, 0.25) is 11.8 Å². The number of nitrogens with one attached hydrogen (secondary N) is 1. The Bertz CT molecular complexity index is 594. The van der Waals surface area contributed by atoms with Crippen molar-refractivity contribution in [2.24, 2.45) is 5.92 Å². The van der Waals surface area contributed by atoms with Crippen molar-refractivity contribution >= 4 is 11.8 Å². The van der Waals surface area contributed by atoms with E-state index < -0.39 is 6.36 Å². The summed E-state index contributed by atoms with van der Waals surface area (Å²) < 4.78 is 40.2. The van der Waals surface area contributed by atoms with Crippen LogP contribution in [0.3, 0.4) is 0 Å². The van der Waals surface area contributed by atoms with Crippen LogP contribution in [0.25, 0.3) is 0 Å². The summed E-state index contributed by atoms with van der Waals surface area (Å²) in [4.78, 5) is 25.0. The summed E-state index contributed by atoms with van der Waals surface area (Å²) in [6.07, 6.45) is -2.93. The van der Waals surface area contributed by atoms with E-state index in [4.69, 9.17) is 0 Å². The largest absolute Gasteiger partial charge is 0.573 e. The van der Waals surface area contributed by atoms with Crippen LogP contribution in [0, 0.1) is 5.92 Å². The second-order valence-electron chi connectivity index (χ2n) is 6.13. The average molecular weight is 358 g/mol. The van der Waals surface area contributed by atoms with Crippen LogP contribution in [0.4, 0.5) is 13.2 Å². The van der Waals surface area contributed by atoms with Gasteiger partial charge in [0.15, 0.2) is 0 Å². The molecule has 1 fully saturated rings. The third-order valence-corrected chi connectivity index (χ3v) is 4.12. The number of piperidine rings is 1. The van der Waals surface area contributed by atoms with Gasteiger partial charge in [-0.15, -0.1) is 13.2 Å². The maximum atomic E-state index is 12.3. The zero-order valence-electron chi connectivity index (χ0n) is 13.9. The molecule has 1 aromatic carbocycles. The minimum absolute atomic E-state index is 0.0533. The average Bonchev–Trinajstić information content (AvgIpc) is 2.54. The quantitative estimate of drug-likeness (QED) is 0.880. The van der Waals surface area contributed by atoms with Crippen molar-refractivity contribution in [3.8, 4) is 5.75 Å². The fourth-order valence-corrected chi connectivity index (χ4v) is 2.77. The van der Waals surface area contributed by atoms with Gasteiger partial charge in [0.05, 0.1) is 6.42 Å². The lowest BCUT2D eigenvalue weighted by atomic mass is 9.96. The first-order chi connectivity index (χ1) is 11.7. The molecule has 1 saturated heterocycles. The summed E-state index contributed by atoms with van der Waals surface area (Å²) in [6.45, 7) is 3.35. The van der Waals surface area contributed by atoms with Crippen molar-refractivity contribution in [3.63, 3.8) is 0 Å². The zero-order valence-corrected chi connectivity index (χ0v) is 13.9. The highest BCUT2D eigenvalue weighted by molar-refractivity contribution is 5.79. The Kier molecular flexibility index (Phi) is 6.27. The second-order valence-corrected chi connectivity index (χ2v) is 6.13. The predicted molar refractivity (Wildman–Crippen MR) is 84.8 cm³/mol. The van der Waals surface area contributed by atoms with Gasteiger partial charge < -0.3 is 15.0 Å². The molecule has 0 aliphatic carbocycles. The number of alkyl halides is 3. The fraction of sp³-hybridized carbons (Fsp3) is 0.529. The first-order valence-electron chi connectivity index (χ1n) is 8.10. The lowest BCUT2D eigenvalue weighted by Crippen LogP contribution is -2.41. The van der Waals surface area contributed by atoms with Crippen molar-refractivity contribution in [2.75, 3.05) is 19.6 Å². The third kappa shape index (κ3) is 6.64. The van der Waals surface area contributed by atoms with Gasteiger partial charge in [0.1, 0.15) is 5.75 Å². The van der Waals surface area contributed by atoms with Gasteiger partial charge in [-0.2, -0.15) is 0 Å².